The Kier molecular flexibility index (Phi) is 2.42. The van der Waals surface area contributed by atoms with Gasteiger partial charge in [0.25, 0.3) is 0 Å². The van der Waals surface area contributed by atoms with Crippen LogP contribution in [-0.4, -0.2) is 10.7 Å². The normalized spacial score (nSPS) is 46.6. The standard InChI is InChI=1S/C16H20N2O/c1-15(2)11-4-5-16(3,19)13-6-12(15)9(7-17)10(8-18)14(11)13/h11-14,19H,4-6H2,1-3H3/t11-,12+,13-,14-,16-/m1/s1. The Morgan fingerprint density at radius 3 is 2.32 bits per heavy atom. The Morgan fingerprint density at radius 1 is 1.11 bits per heavy atom. The highest BCUT2D eigenvalue weighted by atomic mass is 16.3. The molecule has 0 spiro atoms. The Bertz CT molecular complexity index is 542. The van der Waals surface area contributed by atoms with Crippen LogP contribution in [0.25, 0.3) is 0 Å². The number of aliphatic hydroxyl groups is 1. The van der Waals surface area contributed by atoms with Crippen molar-refractivity contribution in [2.75, 3.05) is 0 Å². The highest BCUT2D eigenvalue weighted by Crippen LogP contribution is 2.65. The van der Waals surface area contributed by atoms with E-state index < -0.39 is 5.60 Å². The first-order valence-corrected chi connectivity index (χ1v) is 7.11. The predicted molar refractivity (Wildman–Crippen MR) is 70.5 cm³/mol. The molecule has 19 heavy (non-hydrogen) atoms. The van der Waals surface area contributed by atoms with Crippen LogP contribution < -0.4 is 0 Å². The van der Waals surface area contributed by atoms with Gasteiger partial charge in [-0.05, 0) is 43.4 Å². The van der Waals surface area contributed by atoms with Crippen LogP contribution in [-0.2, 0) is 0 Å². The summed E-state index contributed by atoms with van der Waals surface area (Å²) in [4.78, 5) is 0. The minimum absolute atomic E-state index is 0.0725. The van der Waals surface area contributed by atoms with Crippen LogP contribution in [0.4, 0.5) is 0 Å². The van der Waals surface area contributed by atoms with Crippen molar-refractivity contribution in [1.82, 2.24) is 0 Å². The number of nitriles is 2. The molecule has 0 amide bonds. The van der Waals surface area contributed by atoms with Gasteiger partial charge < -0.3 is 5.11 Å². The van der Waals surface area contributed by atoms with Crippen molar-refractivity contribution in [2.24, 2.45) is 29.1 Å². The average Bonchev–Trinajstić information content (AvgIpc) is 2.35. The van der Waals surface area contributed by atoms with Gasteiger partial charge in [-0.25, -0.2) is 0 Å². The maximum absolute atomic E-state index is 10.6. The van der Waals surface area contributed by atoms with Gasteiger partial charge >= 0.3 is 0 Å². The third-order valence-electron chi connectivity index (χ3n) is 6.18. The molecule has 0 heterocycles. The van der Waals surface area contributed by atoms with Gasteiger partial charge in [-0.15, -0.1) is 0 Å². The molecule has 0 aromatic rings. The Morgan fingerprint density at radius 2 is 1.74 bits per heavy atom. The molecule has 2 saturated carbocycles. The minimum Gasteiger partial charge on any atom is -0.390 e. The molecule has 0 aromatic heterocycles. The lowest BCUT2D eigenvalue weighted by molar-refractivity contribution is -0.147. The lowest BCUT2D eigenvalue weighted by Gasteiger charge is -2.62. The molecule has 4 bridgehead atoms. The van der Waals surface area contributed by atoms with E-state index in [9.17, 15) is 15.6 Å². The molecular weight excluding hydrogens is 236 g/mol. The van der Waals surface area contributed by atoms with Crippen LogP contribution in [0.3, 0.4) is 0 Å². The van der Waals surface area contributed by atoms with E-state index >= 15 is 0 Å². The van der Waals surface area contributed by atoms with Crippen LogP contribution in [0.15, 0.2) is 11.1 Å². The number of hydrogen-bond acceptors (Lipinski definition) is 3. The van der Waals surface area contributed by atoms with Gasteiger partial charge in [-0.2, -0.15) is 10.5 Å². The largest absolute Gasteiger partial charge is 0.390 e. The molecule has 5 atom stereocenters. The third-order valence-corrected chi connectivity index (χ3v) is 6.18. The summed E-state index contributed by atoms with van der Waals surface area (Å²) < 4.78 is 0. The molecule has 4 rings (SSSR count). The van der Waals surface area contributed by atoms with Crippen molar-refractivity contribution in [2.45, 2.75) is 45.6 Å². The SMILES string of the molecule is CC1(C)[C@@H]2CC[C@@](C)(O)[C@@H]3C[C@H]1C(C#N)=C(C#N)[C@H]23. The van der Waals surface area contributed by atoms with Crippen molar-refractivity contribution in [3.63, 3.8) is 0 Å². The smallest absolute Gasteiger partial charge is 0.0960 e. The first-order valence-electron chi connectivity index (χ1n) is 7.11. The number of nitrogens with zero attached hydrogens (tertiary/aromatic N) is 2. The molecule has 0 aliphatic heterocycles. The van der Waals surface area contributed by atoms with Gasteiger partial charge in [0.05, 0.1) is 17.7 Å². The lowest BCUT2D eigenvalue weighted by Crippen LogP contribution is -2.60. The lowest BCUT2D eigenvalue weighted by atomic mass is 9.42. The molecule has 3 heteroatoms. The van der Waals surface area contributed by atoms with Crippen LogP contribution in [0.2, 0.25) is 0 Å². The van der Waals surface area contributed by atoms with Gasteiger partial charge in [0.1, 0.15) is 0 Å². The van der Waals surface area contributed by atoms with Crippen molar-refractivity contribution in [3.05, 3.63) is 11.1 Å². The maximum Gasteiger partial charge on any atom is 0.0960 e. The van der Waals surface area contributed by atoms with Crippen LogP contribution in [0, 0.1) is 51.7 Å². The highest BCUT2D eigenvalue weighted by Gasteiger charge is 2.62. The van der Waals surface area contributed by atoms with Crippen molar-refractivity contribution >= 4 is 0 Å². The Labute approximate surface area is 114 Å². The second-order valence-electron chi connectivity index (χ2n) is 7.30. The van der Waals surface area contributed by atoms with Gasteiger partial charge in [0, 0.05) is 23.0 Å². The van der Waals surface area contributed by atoms with Crippen LogP contribution in [0.5, 0.6) is 0 Å². The van der Waals surface area contributed by atoms with Gasteiger partial charge in [0.2, 0.25) is 0 Å². The van der Waals surface area contributed by atoms with Crippen molar-refractivity contribution in [3.8, 4) is 12.1 Å². The van der Waals surface area contributed by atoms with E-state index in [1.807, 2.05) is 6.92 Å². The molecule has 1 N–H and O–H groups in total. The second-order valence-corrected chi connectivity index (χ2v) is 7.30. The Balaban J connectivity index is 2.21. The quantitative estimate of drug-likeness (QED) is 0.724. The first-order chi connectivity index (χ1) is 8.84. The van der Waals surface area contributed by atoms with E-state index in [0.717, 1.165) is 19.3 Å². The molecule has 0 radical (unpaired) electrons. The van der Waals surface area contributed by atoms with Crippen LogP contribution >= 0.6 is 0 Å². The summed E-state index contributed by atoms with van der Waals surface area (Å²) in [5, 5.41) is 29.5. The highest BCUT2D eigenvalue weighted by molar-refractivity contribution is 5.47. The maximum atomic E-state index is 10.6. The topological polar surface area (TPSA) is 67.8 Å². The van der Waals surface area contributed by atoms with Gasteiger partial charge in [0.15, 0.2) is 0 Å². The van der Waals surface area contributed by atoms with E-state index in [-0.39, 0.29) is 23.2 Å². The Hall–Kier alpha value is -1.32. The fourth-order valence-electron chi connectivity index (χ4n) is 5.06. The van der Waals surface area contributed by atoms with Crippen molar-refractivity contribution in [1.29, 1.82) is 10.5 Å². The molecule has 100 valence electrons. The first kappa shape index (κ1) is 12.7. The van der Waals surface area contributed by atoms with Crippen LogP contribution in [0.1, 0.15) is 40.0 Å². The summed E-state index contributed by atoms with van der Waals surface area (Å²) in [7, 11) is 0. The van der Waals surface area contributed by atoms with E-state index in [1.165, 1.54) is 0 Å². The average molecular weight is 256 g/mol. The van der Waals surface area contributed by atoms with Crippen molar-refractivity contribution < 1.29 is 5.11 Å². The number of hydrogen-bond donors (Lipinski definition) is 1. The molecule has 3 nitrogen and oxygen atoms in total. The summed E-state index contributed by atoms with van der Waals surface area (Å²) in [6, 6.07) is 4.57. The zero-order valence-corrected chi connectivity index (χ0v) is 11.8. The molecule has 0 unspecified atom stereocenters. The molecule has 4 aliphatic carbocycles. The summed E-state index contributed by atoms with van der Waals surface area (Å²) in [6.45, 7) is 6.37. The summed E-state index contributed by atoms with van der Waals surface area (Å²) in [6.07, 6.45) is 2.63. The fourth-order valence-corrected chi connectivity index (χ4v) is 5.06. The van der Waals surface area contributed by atoms with E-state index in [4.69, 9.17) is 0 Å². The van der Waals surface area contributed by atoms with E-state index in [1.54, 1.807) is 0 Å². The summed E-state index contributed by atoms with van der Waals surface area (Å²) >= 11 is 0. The van der Waals surface area contributed by atoms with E-state index in [2.05, 4.69) is 26.0 Å². The van der Waals surface area contributed by atoms with Gasteiger partial charge in [-0.3, -0.25) is 0 Å². The number of rotatable bonds is 0. The zero-order chi connectivity index (χ0) is 14.0. The summed E-state index contributed by atoms with van der Waals surface area (Å²) in [5.74, 6) is 0.807. The molecular formula is C16H20N2O. The molecule has 2 fully saturated rings. The molecule has 0 saturated heterocycles. The fraction of sp³-hybridized carbons (Fsp3) is 0.750. The number of allylic oxidation sites excluding steroid dienone is 2. The third kappa shape index (κ3) is 1.40. The summed E-state index contributed by atoms with van der Waals surface area (Å²) in [5.41, 5.74) is 0.762. The zero-order valence-electron chi connectivity index (χ0n) is 11.8. The van der Waals surface area contributed by atoms with Gasteiger partial charge in [-0.1, -0.05) is 13.8 Å². The monoisotopic (exact) mass is 256 g/mol. The molecule has 0 aromatic carbocycles. The minimum atomic E-state index is -0.682. The second kappa shape index (κ2) is 3.62. The predicted octanol–water partition coefficient (Wildman–Crippen LogP) is 2.78. The molecule has 4 aliphatic rings. The van der Waals surface area contributed by atoms with E-state index in [0.29, 0.717) is 17.1 Å².